The normalized spacial score (nSPS) is 36.5. The lowest BCUT2D eigenvalue weighted by atomic mass is 9.70. The van der Waals surface area contributed by atoms with Gasteiger partial charge in [-0.05, 0) is 44.2 Å². The molecule has 3 fully saturated rings. The highest BCUT2D eigenvalue weighted by Crippen LogP contribution is 2.57. The van der Waals surface area contributed by atoms with Gasteiger partial charge in [0.05, 0.1) is 13.2 Å². The van der Waals surface area contributed by atoms with Gasteiger partial charge in [-0.1, -0.05) is 18.2 Å². The third-order valence-corrected chi connectivity index (χ3v) is 6.76. The van der Waals surface area contributed by atoms with Crippen LogP contribution in [0, 0.1) is 5.92 Å². The number of esters is 1. The van der Waals surface area contributed by atoms with E-state index in [0.29, 0.717) is 0 Å². The number of hydrogen-bond acceptors (Lipinski definition) is 5. The smallest absolute Gasteiger partial charge is 0.328 e. The van der Waals surface area contributed by atoms with Crippen LogP contribution in [0.3, 0.4) is 0 Å². The predicted octanol–water partition coefficient (Wildman–Crippen LogP) is 2.37. The summed E-state index contributed by atoms with van der Waals surface area (Å²) < 4.78 is 5.19. The summed E-state index contributed by atoms with van der Waals surface area (Å²) in [5, 5.41) is 0. The molecule has 4 heterocycles. The molecule has 4 aliphatic rings. The average Bonchev–Trinajstić information content (AvgIpc) is 3.17. The van der Waals surface area contributed by atoms with Gasteiger partial charge in [-0.3, -0.25) is 4.79 Å². The van der Waals surface area contributed by atoms with Crippen molar-refractivity contribution in [3.05, 3.63) is 41.6 Å². The molecule has 130 valence electrons. The number of para-hydroxylation sites is 1. The standard InChI is InChI=1S/C20H22N2O3/c1-3-13-10-12-11-16-20(8-9-21(13)16)18(23)14-6-4-5-7-15(14)22(20)17(12)19(24)25-2/h3-7,12,16-17H,8-11H2,1-2H3. The van der Waals surface area contributed by atoms with Crippen LogP contribution in [-0.4, -0.2) is 47.9 Å². The van der Waals surface area contributed by atoms with Crippen molar-refractivity contribution in [3.8, 4) is 0 Å². The lowest BCUT2D eigenvalue weighted by molar-refractivity contribution is -0.145. The van der Waals surface area contributed by atoms with Gasteiger partial charge in [0.25, 0.3) is 0 Å². The van der Waals surface area contributed by atoms with E-state index in [2.05, 4.69) is 22.8 Å². The molecule has 0 saturated carbocycles. The Bertz CT molecular complexity index is 817. The van der Waals surface area contributed by atoms with Crippen molar-refractivity contribution in [2.45, 2.75) is 43.8 Å². The van der Waals surface area contributed by atoms with Gasteiger partial charge in [-0.2, -0.15) is 0 Å². The molecule has 2 bridgehead atoms. The molecule has 4 aliphatic heterocycles. The molecule has 25 heavy (non-hydrogen) atoms. The van der Waals surface area contributed by atoms with E-state index in [1.165, 1.54) is 12.8 Å². The number of carbonyl (C=O) groups excluding carboxylic acids is 2. The van der Waals surface area contributed by atoms with Crippen LogP contribution in [0.2, 0.25) is 0 Å². The number of rotatable bonds is 1. The first-order valence-corrected chi connectivity index (χ1v) is 9.06. The Kier molecular flexibility index (Phi) is 2.92. The highest BCUT2D eigenvalue weighted by Gasteiger charge is 2.68. The number of carbonyl (C=O) groups is 2. The molecule has 0 aromatic heterocycles. The summed E-state index contributed by atoms with van der Waals surface area (Å²) in [5.74, 6) is 0.147. The summed E-state index contributed by atoms with van der Waals surface area (Å²) in [6.07, 6.45) is 4.67. The highest BCUT2D eigenvalue weighted by molar-refractivity contribution is 6.16. The van der Waals surface area contributed by atoms with Gasteiger partial charge < -0.3 is 14.5 Å². The number of piperidine rings is 2. The zero-order valence-corrected chi connectivity index (χ0v) is 14.6. The average molecular weight is 338 g/mol. The fraction of sp³-hybridized carbons (Fsp3) is 0.500. The lowest BCUT2D eigenvalue weighted by Crippen LogP contribution is -2.70. The number of hydrogen-bond donors (Lipinski definition) is 0. The summed E-state index contributed by atoms with van der Waals surface area (Å²) in [4.78, 5) is 30.9. The number of methoxy groups -OCH3 is 1. The minimum Gasteiger partial charge on any atom is -0.467 e. The lowest BCUT2D eigenvalue weighted by Gasteiger charge is -2.55. The molecule has 1 aromatic rings. The topological polar surface area (TPSA) is 49.9 Å². The van der Waals surface area contributed by atoms with Gasteiger partial charge in [0.2, 0.25) is 0 Å². The van der Waals surface area contributed by atoms with Crippen LogP contribution in [0.4, 0.5) is 5.69 Å². The van der Waals surface area contributed by atoms with Crippen molar-refractivity contribution in [1.29, 1.82) is 0 Å². The second kappa shape index (κ2) is 4.87. The van der Waals surface area contributed by atoms with Crippen LogP contribution < -0.4 is 4.90 Å². The molecular weight excluding hydrogens is 316 g/mol. The summed E-state index contributed by atoms with van der Waals surface area (Å²) >= 11 is 0. The summed E-state index contributed by atoms with van der Waals surface area (Å²) in [5.41, 5.74) is 2.32. The van der Waals surface area contributed by atoms with Gasteiger partial charge >= 0.3 is 5.97 Å². The van der Waals surface area contributed by atoms with E-state index >= 15 is 0 Å². The number of nitrogens with zero attached hydrogens (tertiary/aromatic N) is 2. The SMILES string of the molecule is CC=C1CC2CC3N1CCC31C(=O)c3ccccc3N1C2C(=O)OC. The first-order valence-electron chi connectivity index (χ1n) is 9.06. The van der Waals surface area contributed by atoms with Crippen molar-refractivity contribution in [1.82, 2.24) is 4.90 Å². The number of ketones is 1. The second-order valence-electron chi connectivity index (χ2n) is 7.55. The van der Waals surface area contributed by atoms with Crippen molar-refractivity contribution in [3.63, 3.8) is 0 Å². The monoisotopic (exact) mass is 338 g/mol. The largest absolute Gasteiger partial charge is 0.467 e. The molecule has 3 saturated heterocycles. The van der Waals surface area contributed by atoms with Gasteiger partial charge in [0, 0.05) is 23.5 Å². The van der Waals surface area contributed by atoms with Crippen LogP contribution in [-0.2, 0) is 9.53 Å². The van der Waals surface area contributed by atoms with Gasteiger partial charge in [-0.15, -0.1) is 0 Å². The molecular formula is C20H22N2O3. The van der Waals surface area contributed by atoms with Crippen molar-refractivity contribution >= 4 is 17.4 Å². The van der Waals surface area contributed by atoms with Crippen molar-refractivity contribution in [2.24, 2.45) is 5.92 Å². The molecule has 1 aromatic carbocycles. The molecule has 0 amide bonds. The molecule has 1 spiro atoms. The number of allylic oxidation sites excluding steroid dienone is 2. The quantitative estimate of drug-likeness (QED) is 0.736. The first-order chi connectivity index (χ1) is 12.1. The van der Waals surface area contributed by atoms with Crippen molar-refractivity contribution < 1.29 is 14.3 Å². The Balaban J connectivity index is 1.76. The maximum Gasteiger partial charge on any atom is 0.328 e. The third-order valence-electron chi connectivity index (χ3n) is 6.76. The van der Waals surface area contributed by atoms with Crippen LogP contribution in [0.1, 0.15) is 36.5 Å². The van der Waals surface area contributed by atoms with E-state index in [-0.39, 0.29) is 29.8 Å². The minimum atomic E-state index is -0.617. The molecule has 0 aliphatic carbocycles. The Morgan fingerprint density at radius 2 is 2.16 bits per heavy atom. The number of Topliss-reactive ketones (excluding diaryl/α,β-unsaturated/α-hetero) is 1. The Morgan fingerprint density at radius 3 is 2.92 bits per heavy atom. The number of anilines is 1. The summed E-state index contributed by atoms with van der Waals surface area (Å²) in [6, 6.07) is 7.52. The Hall–Kier alpha value is -2.30. The summed E-state index contributed by atoms with van der Waals surface area (Å²) in [6.45, 7) is 2.93. The van der Waals surface area contributed by atoms with E-state index in [9.17, 15) is 9.59 Å². The maximum atomic E-state index is 13.5. The number of fused-ring (bicyclic) bond motifs is 3. The molecule has 5 rings (SSSR count). The predicted molar refractivity (Wildman–Crippen MR) is 93.4 cm³/mol. The van der Waals surface area contributed by atoms with E-state index in [0.717, 1.165) is 37.1 Å². The zero-order valence-electron chi connectivity index (χ0n) is 14.6. The molecule has 5 nitrogen and oxygen atoms in total. The van der Waals surface area contributed by atoms with Crippen LogP contribution in [0.25, 0.3) is 0 Å². The molecule has 0 N–H and O–H groups in total. The number of ether oxygens (including phenoxy) is 1. The van der Waals surface area contributed by atoms with E-state index in [4.69, 9.17) is 4.74 Å². The van der Waals surface area contributed by atoms with Crippen LogP contribution >= 0.6 is 0 Å². The number of benzene rings is 1. The van der Waals surface area contributed by atoms with Crippen LogP contribution in [0.5, 0.6) is 0 Å². The minimum absolute atomic E-state index is 0.151. The first kappa shape index (κ1) is 15.0. The molecule has 0 radical (unpaired) electrons. The molecule has 4 atom stereocenters. The fourth-order valence-electron chi connectivity index (χ4n) is 5.82. The van der Waals surface area contributed by atoms with E-state index < -0.39 is 5.54 Å². The Labute approximate surface area is 147 Å². The van der Waals surface area contributed by atoms with Crippen LogP contribution in [0.15, 0.2) is 36.0 Å². The highest BCUT2D eigenvalue weighted by atomic mass is 16.5. The molecule has 4 unspecified atom stereocenters. The second-order valence-corrected chi connectivity index (χ2v) is 7.55. The van der Waals surface area contributed by atoms with Crippen molar-refractivity contribution in [2.75, 3.05) is 18.6 Å². The van der Waals surface area contributed by atoms with E-state index in [1.54, 1.807) is 0 Å². The van der Waals surface area contributed by atoms with E-state index in [1.807, 2.05) is 24.3 Å². The van der Waals surface area contributed by atoms with Gasteiger partial charge in [0.1, 0.15) is 11.6 Å². The zero-order chi connectivity index (χ0) is 17.3. The van der Waals surface area contributed by atoms with Gasteiger partial charge in [-0.25, -0.2) is 4.79 Å². The maximum absolute atomic E-state index is 13.5. The van der Waals surface area contributed by atoms with Gasteiger partial charge in [0.15, 0.2) is 5.78 Å². The summed E-state index contributed by atoms with van der Waals surface area (Å²) in [7, 11) is 1.45. The Morgan fingerprint density at radius 1 is 1.36 bits per heavy atom. The molecule has 5 heteroatoms. The third kappa shape index (κ3) is 1.59. The fourth-order valence-corrected chi connectivity index (χ4v) is 5.82.